The third-order valence-electron chi connectivity index (χ3n) is 9.20. The Morgan fingerprint density at radius 1 is 0.588 bits per heavy atom. The van der Waals surface area contributed by atoms with Gasteiger partial charge in [-0.15, -0.1) is 0 Å². The van der Waals surface area contributed by atoms with E-state index in [9.17, 15) is 8.42 Å². The van der Waals surface area contributed by atoms with Gasteiger partial charge in [0.25, 0.3) is 10.1 Å². The monoisotopic (exact) mass is 710 g/mol. The molecular weight excluding hydrogens is 653 g/mol. The molecular formula is C45H58O5S. The van der Waals surface area contributed by atoms with E-state index in [4.69, 9.17) is 13.7 Å². The van der Waals surface area contributed by atoms with Gasteiger partial charge in [-0.3, -0.25) is 4.18 Å². The van der Waals surface area contributed by atoms with Crippen molar-refractivity contribution in [3.05, 3.63) is 150 Å². The number of allylic oxidation sites excluding steroid dienone is 2. The van der Waals surface area contributed by atoms with Crippen LogP contribution in [-0.4, -0.2) is 34.3 Å². The SMILES string of the molecule is CCCCCCCC=CCCCCCCCOCC(COC(c1ccccc1)(c1ccccc1)c1ccccc1)OS(=O)(=O)c1ccc(C)cc1. The van der Waals surface area contributed by atoms with Crippen molar-refractivity contribution in [1.29, 1.82) is 0 Å². The second kappa shape index (κ2) is 22.4. The van der Waals surface area contributed by atoms with Crippen molar-refractivity contribution < 1.29 is 22.1 Å². The number of benzene rings is 4. The zero-order chi connectivity index (χ0) is 36.0. The van der Waals surface area contributed by atoms with Gasteiger partial charge in [-0.25, -0.2) is 0 Å². The zero-order valence-electron chi connectivity index (χ0n) is 30.8. The Balaban J connectivity index is 1.39. The lowest BCUT2D eigenvalue weighted by Gasteiger charge is -2.37. The number of ether oxygens (including phenoxy) is 2. The van der Waals surface area contributed by atoms with Gasteiger partial charge in [-0.05, 0) is 67.9 Å². The van der Waals surface area contributed by atoms with E-state index in [1.54, 1.807) is 24.3 Å². The summed E-state index contributed by atoms with van der Waals surface area (Å²) in [6.07, 6.45) is 18.4. The Morgan fingerprint density at radius 2 is 1.06 bits per heavy atom. The van der Waals surface area contributed by atoms with Gasteiger partial charge in [0.1, 0.15) is 11.7 Å². The predicted molar refractivity (Wildman–Crippen MR) is 209 cm³/mol. The van der Waals surface area contributed by atoms with Gasteiger partial charge < -0.3 is 9.47 Å². The van der Waals surface area contributed by atoms with Crippen LogP contribution in [0.4, 0.5) is 0 Å². The molecule has 0 aliphatic carbocycles. The summed E-state index contributed by atoms with van der Waals surface area (Å²) < 4.78 is 46.0. The van der Waals surface area contributed by atoms with Crippen molar-refractivity contribution in [2.45, 2.75) is 107 Å². The molecule has 0 radical (unpaired) electrons. The minimum atomic E-state index is -4.08. The second-order valence-electron chi connectivity index (χ2n) is 13.4. The fraction of sp³-hybridized carbons (Fsp3) is 0.422. The maximum atomic E-state index is 13.5. The normalized spacial score (nSPS) is 12.7. The van der Waals surface area contributed by atoms with E-state index in [2.05, 4.69) is 19.1 Å². The van der Waals surface area contributed by atoms with Crippen LogP contribution in [0.1, 0.15) is 106 Å². The molecule has 0 saturated heterocycles. The summed E-state index contributed by atoms with van der Waals surface area (Å²) in [6.45, 7) is 4.78. The van der Waals surface area contributed by atoms with E-state index in [0.29, 0.717) is 6.61 Å². The molecule has 51 heavy (non-hydrogen) atoms. The van der Waals surface area contributed by atoms with Crippen LogP contribution in [0.5, 0.6) is 0 Å². The number of unbranched alkanes of at least 4 members (excludes halogenated alkanes) is 10. The lowest BCUT2D eigenvalue weighted by Crippen LogP contribution is -2.38. The molecule has 0 aromatic heterocycles. The zero-order valence-corrected chi connectivity index (χ0v) is 31.6. The van der Waals surface area contributed by atoms with Crippen molar-refractivity contribution >= 4 is 10.1 Å². The summed E-state index contributed by atoms with van der Waals surface area (Å²) in [6, 6.07) is 36.8. The fourth-order valence-corrected chi connectivity index (χ4v) is 7.39. The minimum Gasteiger partial charge on any atom is -0.379 e. The van der Waals surface area contributed by atoms with E-state index >= 15 is 0 Å². The van der Waals surface area contributed by atoms with Gasteiger partial charge in [0.05, 0.1) is 18.1 Å². The topological polar surface area (TPSA) is 61.8 Å². The van der Waals surface area contributed by atoms with Crippen LogP contribution in [0.3, 0.4) is 0 Å². The number of aryl methyl sites for hydroxylation is 1. The molecule has 4 aromatic rings. The van der Waals surface area contributed by atoms with E-state index in [1.807, 2.05) is 97.9 Å². The molecule has 0 amide bonds. The maximum absolute atomic E-state index is 13.5. The van der Waals surface area contributed by atoms with Crippen LogP contribution in [0.15, 0.2) is 132 Å². The van der Waals surface area contributed by atoms with Crippen LogP contribution in [0.25, 0.3) is 0 Å². The van der Waals surface area contributed by atoms with Gasteiger partial charge in [-0.1, -0.05) is 173 Å². The molecule has 0 fully saturated rings. The number of hydrogen-bond donors (Lipinski definition) is 0. The Morgan fingerprint density at radius 3 is 1.57 bits per heavy atom. The Bertz CT molecular complexity index is 1520. The highest BCUT2D eigenvalue weighted by Crippen LogP contribution is 2.40. The molecule has 1 atom stereocenters. The predicted octanol–water partition coefficient (Wildman–Crippen LogP) is 11.4. The summed E-state index contributed by atoms with van der Waals surface area (Å²) in [5, 5.41) is 0. The van der Waals surface area contributed by atoms with Crippen LogP contribution >= 0.6 is 0 Å². The molecule has 0 bridgehead atoms. The Labute approximate surface area is 308 Å². The van der Waals surface area contributed by atoms with Crippen molar-refractivity contribution in [2.24, 2.45) is 0 Å². The fourth-order valence-electron chi connectivity index (χ4n) is 6.34. The van der Waals surface area contributed by atoms with E-state index in [-0.39, 0.29) is 18.1 Å². The Kier molecular flexibility index (Phi) is 17.7. The number of rotatable bonds is 25. The third kappa shape index (κ3) is 13.2. The van der Waals surface area contributed by atoms with Gasteiger partial charge in [0, 0.05) is 6.61 Å². The van der Waals surface area contributed by atoms with Crippen molar-refractivity contribution in [3.63, 3.8) is 0 Å². The lowest BCUT2D eigenvalue weighted by molar-refractivity contribution is -0.0535. The van der Waals surface area contributed by atoms with Crippen molar-refractivity contribution in [1.82, 2.24) is 0 Å². The largest absolute Gasteiger partial charge is 0.379 e. The van der Waals surface area contributed by atoms with Crippen molar-refractivity contribution in [3.8, 4) is 0 Å². The first-order chi connectivity index (χ1) is 25.0. The molecule has 4 rings (SSSR count). The molecule has 0 aliphatic rings. The van der Waals surface area contributed by atoms with E-state index < -0.39 is 21.8 Å². The van der Waals surface area contributed by atoms with Crippen molar-refractivity contribution in [2.75, 3.05) is 19.8 Å². The quantitative estimate of drug-likeness (QED) is 0.0296. The summed E-state index contributed by atoms with van der Waals surface area (Å²) in [7, 11) is -4.08. The smallest absolute Gasteiger partial charge is 0.297 e. The van der Waals surface area contributed by atoms with Crippen LogP contribution in [0, 0.1) is 6.92 Å². The highest BCUT2D eigenvalue weighted by Gasteiger charge is 2.39. The molecule has 6 heteroatoms. The average molecular weight is 711 g/mol. The van der Waals surface area contributed by atoms with Gasteiger partial charge in [-0.2, -0.15) is 8.42 Å². The summed E-state index contributed by atoms with van der Waals surface area (Å²) in [5.74, 6) is 0. The molecule has 274 valence electrons. The van der Waals surface area contributed by atoms with Crippen LogP contribution in [-0.2, 0) is 29.4 Å². The Hall–Kier alpha value is -3.55. The third-order valence-corrected chi connectivity index (χ3v) is 10.6. The highest BCUT2D eigenvalue weighted by atomic mass is 32.2. The first-order valence-electron chi connectivity index (χ1n) is 19.0. The molecule has 0 saturated carbocycles. The lowest BCUT2D eigenvalue weighted by atomic mass is 9.80. The molecule has 0 heterocycles. The first-order valence-corrected chi connectivity index (χ1v) is 20.4. The minimum absolute atomic E-state index is 0.0178. The summed E-state index contributed by atoms with van der Waals surface area (Å²) in [5.41, 5.74) is 2.76. The van der Waals surface area contributed by atoms with E-state index in [1.165, 1.54) is 51.4 Å². The van der Waals surface area contributed by atoms with Gasteiger partial charge >= 0.3 is 0 Å². The first kappa shape index (κ1) is 40.2. The molecule has 1 unspecified atom stereocenters. The molecule has 0 aliphatic heterocycles. The second-order valence-corrected chi connectivity index (χ2v) is 15.0. The van der Waals surface area contributed by atoms with Crippen LogP contribution < -0.4 is 0 Å². The van der Waals surface area contributed by atoms with E-state index in [0.717, 1.165) is 47.9 Å². The number of hydrogen-bond acceptors (Lipinski definition) is 5. The highest BCUT2D eigenvalue weighted by molar-refractivity contribution is 7.86. The van der Waals surface area contributed by atoms with Gasteiger partial charge in [0.15, 0.2) is 0 Å². The molecule has 4 aromatic carbocycles. The summed E-state index contributed by atoms with van der Waals surface area (Å²) >= 11 is 0. The average Bonchev–Trinajstić information content (AvgIpc) is 3.16. The van der Waals surface area contributed by atoms with Gasteiger partial charge in [0.2, 0.25) is 0 Å². The molecule has 0 N–H and O–H groups in total. The molecule has 0 spiro atoms. The standard InChI is InChI=1S/C45H58O5S/c1-3-4-5-6-7-8-9-10-11-12-13-14-15-25-36-48-37-43(50-51(46,47)44-34-32-39(2)33-35-44)38-49-45(40-26-19-16-20-27-40,41-28-21-17-22-29-41)42-30-23-18-24-31-42/h9-10,16-24,26-35,43H,3-8,11-15,25,36-38H2,1-2H3. The molecule has 5 nitrogen and oxygen atoms in total. The maximum Gasteiger partial charge on any atom is 0.297 e. The summed E-state index contributed by atoms with van der Waals surface area (Å²) in [4.78, 5) is 0.111. The van der Waals surface area contributed by atoms with Crippen LogP contribution in [0.2, 0.25) is 0 Å².